The predicted octanol–water partition coefficient (Wildman–Crippen LogP) is 11.6. The zero-order valence-corrected chi connectivity index (χ0v) is 28.9. The van der Waals surface area contributed by atoms with Gasteiger partial charge in [-0.15, -0.1) is 0 Å². The molecule has 0 saturated heterocycles. The summed E-state index contributed by atoms with van der Waals surface area (Å²) in [5.74, 6) is 2.95. The van der Waals surface area contributed by atoms with Crippen LogP contribution in [0, 0.1) is 20.8 Å². The number of benzene rings is 4. The summed E-state index contributed by atoms with van der Waals surface area (Å²) >= 11 is 0. The molecule has 0 spiro atoms. The van der Waals surface area contributed by atoms with Gasteiger partial charge in [-0.05, 0) is 110 Å². The average Bonchev–Trinajstić information content (AvgIpc) is 3.57. The molecule has 7 rings (SSSR count). The first-order valence-electron chi connectivity index (χ1n) is 17.3. The minimum absolute atomic E-state index is 0.442. The number of hydrogen-bond acceptors (Lipinski definition) is 3. The van der Waals surface area contributed by atoms with Gasteiger partial charge in [0.05, 0.1) is 22.4 Å². The second-order valence-electron chi connectivity index (χ2n) is 13.4. The Bertz CT molecular complexity index is 2240. The van der Waals surface area contributed by atoms with E-state index in [9.17, 15) is 0 Å². The van der Waals surface area contributed by atoms with Gasteiger partial charge in [-0.25, -0.2) is 9.67 Å². The lowest BCUT2D eigenvalue weighted by Gasteiger charge is -2.13. The first-order chi connectivity index (χ1) is 23.3. The molecule has 0 aliphatic heterocycles. The summed E-state index contributed by atoms with van der Waals surface area (Å²) in [4.78, 5) is 4.80. The Morgan fingerprint density at radius 1 is 0.750 bits per heavy atom. The van der Waals surface area contributed by atoms with E-state index in [2.05, 4.69) is 142 Å². The Hall–Kier alpha value is -5.16. The fraction of sp³-hybridized carbons (Fsp3) is 0.256. The molecule has 3 aromatic heterocycles. The van der Waals surface area contributed by atoms with Crippen molar-refractivity contribution in [2.45, 2.75) is 73.1 Å². The summed E-state index contributed by atoms with van der Waals surface area (Å²) in [7, 11) is 0. The van der Waals surface area contributed by atoms with Crippen LogP contribution < -0.4 is 4.74 Å². The number of ether oxygens (including phenoxy) is 1. The zero-order chi connectivity index (χ0) is 33.4. The Kier molecular flexibility index (Phi) is 8.62. The lowest BCUT2D eigenvalue weighted by Crippen LogP contribution is -2.02. The number of aryl methyl sites for hydroxylation is 3. The van der Waals surface area contributed by atoms with Crippen LogP contribution in [0.3, 0.4) is 0 Å². The van der Waals surface area contributed by atoms with Crippen molar-refractivity contribution in [2.24, 2.45) is 0 Å². The molecule has 0 atom stereocenters. The molecule has 5 heteroatoms. The summed E-state index contributed by atoms with van der Waals surface area (Å²) in [6.07, 6.45) is 6.40. The number of hydrogen-bond donors (Lipinski definition) is 0. The van der Waals surface area contributed by atoms with E-state index < -0.39 is 0 Å². The van der Waals surface area contributed by atoms with Crippen molar-refractivity contribution >= 4 is 21.8 Å². The predicted molar refractivity (Wildman–Crippen MR) is 199 cm³/mol. The monoisotopic (exact) mass is 632 g/mol. The van der Waals surface area contributed by atoms with Crippen LogP contribution in [0.25, 0.3) is 44.4 Å². The van der Waals surface area contributed by atoms with Gasteiger partial charge < -0.3 is 4.74 Å². The topological polar surface area (TPSA) is 44.9 Å². The molecule has 0 N–H and O–H groups in total. The highest BCUT2D eigenvalue weighted by Gasteiger charge is 2.18. The van der Waals surface area contributed by atoms with E-state index in [0.29, 0.717) is 5.92 Å². The first-order valence-corrected chi connectivity index (χ1v) is 17.3. The van der Waals surface area contributed by atoms with Crippen molar-refractivity contribution in [2.75, 3.05) is 0 Å². The number of fused-ring (bicyclic) bond motifs is 3. The van der Waals surface area contributed by atoms with E-state index in [1.807, 2.05) is 12.3 Å². The molecular weight excluding hydrogens is 589 g/mol. The van der Waals surface area contributed by atoms with Crippen LogP contribution in [0.4, 0.5) is 0 Å². The quantitative estimate of drug-likeness (QED) is 0.141. The maximum atomic E-state index is 6.75. The maximum absolute atomic E-state index is 6.75. The Morgan fingerprint density at radius 2 is 1.58 bits per heavy atom. The number of unbranched alkanes of at least 4 members (excludes halogenated alkanes) is 2. The molecular formula is C43H44N4O. The highest BCUT2D eigenvalue weighted by atomic mass is 16.5. The van der Waals surface area contributed by atoms with Crippen molar-refractivity contribution in [3.63, 3.8) is 0 Å². The van der Waals surface area contributed by atoms with E-state index in [-0.39, 0.29) is 0 Å². The molecule has 0 aliphatic carbocycles. The third kappa shape index (κ3) is 6.01. The van der Waals surface area contributed by atoms with Gasteiger partial charge >= 0.3 is 0 Å². The molecule has 3 heterocycles. The van der Waals surface area contributed by atoms with Crippen LogP contribution >= 0.6 is 0 Å². The van der Waals surface area contributed by atoms with Crippen LogP contribution in [0.15, 0.2) is 103 Å². The van der Waals surface area contributed by atoms with Crippen molar-refractivity contribution in [3.05, 3.63) is 131 Å². The minimum atomic E-state index is 0.442. The summed E-state index contributed by atoms with van der Waals surface area (Å²) < 4.78 is 11.1. The molecule has 0 radical (unpaired) electrons. The molecule has 48 heavy (non-hydrogen) atoms. The standard InChI is InChI=1S/C43H44N4O/c1-7-8-10-13-32-23-35(47-31(6)43(30(5)45-47)33-14-11-9-12-15-33)26-37(24-32)48-36-17-18-38-39-25-34(28(2)3)16-19-40(39)46(41(38)27-36)42-22-29(4)20-21-44-42/h9,11-12,14-28H,7-8,10,13H2,1-6H3. The molecule has 0 bridgehead atoms. The van der Waals surface area contributed by atoms with Crippen molar-refractivity contribution in [3.8, 4) is 34.1 Å². The second kappa shape index (κ2) is 13.2. The van der Waals surface area contributed by atoms with E-state index in [1.165, 1.54) is 51.4 Å². The van der Waals surface area contributed by atoms with Gasteiger partial charge in [-0.2, -0.15) is 5.10 Å². The Labute approximate surface area is 283 Å². The van der Waals surface area contributed by atoms with E-state index in [0.717, 1.165) is 58.3 Å². The molecule has 0 aliphatic rings. The molecule has 0 fully saturated rings. The van der Waals surface area contributed by atoms with Crippen LogP contribution in [0.1, 0.15) is 74.0 Å². The number of nitrogens with zero attached hydrogens (tertiary/aromatic N) is 4. The van der Waals surface area contributed by atoms with Crippen molar-refractivity contribution in [1.29, 1.82) is 0 Å². The van der Waals surface area contributed by atoms with Gasteiger partial charge in [0.1, 0.15) is 17.3 Å². The minimum Gasteiger partial charge on any atom is -0.457 e. The summed E-state index contributed by atoms with van der Waals surface area (Å²) in [6, 6.07) is 34.6. The van der Waals surface area contributed by atoms with E-state index in [4.69, 9.17) is 14.8 Å². The molecule has 0 unspecified atom stereocenters. The Morgan fingerprint density at radius 3 is 2.35 bits per heavy atom. The second-order valence-corrected chi connectivity index (χ2v) is 13.4. The smallest absolute Gasteiger partial charge is 0.137 e. The average molecular weight is 633 g/mol. The lowest BCUT2D eigenvalue weighted by atomic mass is 10.0. The highest BCUT2D eigenvalue weighted by Crippen LogP contribution is 2.37. The third-order valence-electron chi connectivity index (χ3n) is 9.41. The molecule has 5 nitrogen and oxygen atoms in total. The van der Waals surface area contributed by atoms with E-state index >= 15 is 0 Å². The van der Waals surface area contributed by atoms with Crippen molar-refractivity contribution < 1.29 is 4.74 Å². The lowest BCUT2D eigenvalue weighted by molar-refractivity contribution is 0.482. The van der Waals surface area contributed by atoms with Crippen LogP contribution in [0.5, 0.6) is 11.5 Å². The van der Waals surface area contributed by atoms with Gasteiger partial charge in [0.15, 0.2) is 0 Å². The third-order valence-corrected chi connectivity index (χ3v) is 9.41. The number of aromatic nitrogens is 4. The van der Waals surface area contributed by atoms with Crippen molar-refractivity contribution in [1.82, 2.24) is 19.3 Å². The molecule has 7 aromatic rings. The number of pyridine rings is 1. The molecule has 4 aromatic carbocycles. The van der Waals surface area contributed by atoms with Gasteiger partial charge in [0.2, 0.25) is 0 Å². The highest BCUT2D eigenvalue weighted by molar-refractivity contribution is 6.09. The van der Waals surface area contributed by atoms with Gasteiger partial charge in [0, 0.05) is 40.4 Å². The Balaban J connectivity index is 1.34. The zero-order valence-electron chi connectivity index (χ0n) is 28.9. The fourth-order valence-electron chi connectivity index (χ4n) is 6.93. The van der Waals surface area contributed by atoms with E-state index in [1.54, 1.807) is 0 Å². The van der Waals surface area contributed by atoms with Gasteiger partial charge in [-0.3, -0.25) is 4.57 Å². The van der Waals surface area contributed by atoms with Crippen LogP contribution in [-0.4, -0.2) is 19.3 Å². The first kappa shape index (κ1) is 31.4. The largest absolute Gasteiger partial charge is 0.457 e. The van der Waals surface area contributed by atoms with Crippen LogP contribution in [0.2, 0.25) is 0 Å². The van der Waals surface area contributed by atoms with Crippen LogP contribution in [-0.2, 0) is 6.42 Å². The summed E-state index contributed by atoms with van der Waals surface area (Å²) in [5, 5.41) is 7.45. The molecule has 0 saturated carbocycles. The normalized spacial score (nSPS) is 11.6. The SMILES string of the molecule is CCCCCc1cc(Oc2ccc3c4cc(C(C)C)ccc4n(-c4cc(C)ccn4)c3c2)cc(-n2nc(C)c(-c3ccccc3)c2C)c1. The summed E-state index contributed by atoms with van der Waals surface area (Å²) in [5.41, 5.74) is 11.5. The number of rotatable bonds is 10. The fourth-order valence-corrected chi connectivity index (χ4v) is 6.93. The maximum Gasteiger partial charge on any atom is 0.137 e. The van der Waals surface area contributed by atoms with Gasteiger partial charge in [0.25, 0.3) is 0 Å². The van der Waals surface area contributed by atoms with Gasteiger partial charge in [-0.1, -0.05) is 70.0 Å². The summed E-state index contributed by atoms with van der Waals surface area (Å²) in [6.45, 7) is 13.1. The molecule has 0 amide bonds. The molecule has 242 valence electrons.